The number of carbonyl (C=O) groups is 1. The normalized spacial score (nSPS) is 10.2. The zero-order chi connectivity index (χ0) is 15.2. The van der Waals surface area contributed by atoms with Crippen LogP contribution in [0.4, 0.5) is 14.9 Å². The van der Waals surface area contributed by atoms with Crippen molar-refractivity contribution in [1.29, 1.82) is 0 Å². The van der Waals surface area contributed by atoms with Crippen molar-refractivity contribution >= 4 is 11.7 Å². The number of hydrogen-bond acceptors (Lipinski definition) is 2. The van der Waals surface area contributed by atoms with E-state index in [0.717, 1.165) is 11.1 Å². The Hall–Kier alpha value is -2.56. The first-order chi connectivity index (χ1) is 10.0. The molecular formula is C16H17FN2O2. The zero-order valence-corrected chi connectivity index (χ0v) is 11.7. The third kappa shape index (κ3) is 4.49. The fourth-order valence-corrected chi connectivity index (χ4v) is 1.93. The average Bonchev–Trinajstić information content (AvgIpc) is 2.43. The minimum atomic E-state index is -0.410. The number of rotatable bonds is 4. The molecule has 2 rings (SSSR count). The highest BCUT2D eigenvalue weighted by atomic mass is 19.1. The molecule has 0 saturated heterocycles. The Morgan fingerprint density at radius 2 is 2.05 bits per heavy atom. The van der Waals surface area contributed by atoms with Crippen LogP contribution in [0.15, 0.2) is 42.5 Å². The monoisotopic (exact) mass is 288 g/mol. The van der Waals surface area contributed by atoms with Crippen LogP contribution in [0.25, 0.3) is 0 Å². The molecule has 4 nitrogen and oxygen atoms in total. The van der Waals surface area contributed by atoms with E-state index in [4.69, 9.17) is 0 Å². The minimum absolute atomic E-state index is 0.0147. The van der Waals surface area contributed by atoms with Gasteiger partial charge in [0.2, 0.25) is 0 Å². The molecular weight excluding hydrogens is 271 g/mol. The van der Waals surface area contributed by atoms with Crippen LogP contribution in [-0.4, -0.2) is 17.7 Å². The van der Waals surface area contributed by atoms with Crippen LogP contribution in [0.3, 0.4) is 0 Å². The average molecular weight is 288 g/mol. The lowest BCUT2D eigenvalue weighted by Crippen LogP contribution is -2.30. The maximum absolute atomic E-state index is 13.0. The standard InChI is InChI=1S/C16H17FN2O2/c1-11-5-6-15(20)14(9-11)19-16(21)18-8-7-12-3-2-4-13(17)10-12/h2-6,9-10,20H,7-8H2,1H3,(H2,18,19,21). The van der Waals surface area contributed by atoms with E-state index in [0.29, 0.717) is 18.7 Å². The van der Waals surface area contributed by atoms with Crippen LogP contribution in [-0.2, 0) is 6.42 Å². The lowest BCUT2D eigenvalue weighted by Gasteiger charge is -2.09. The first-order valence-electron chi connectivity index (χ1n) is 6.63. The maximum Gasteiger partial charge on any atom is 0.319 e. The van der Waals surface area contributed by atoms with Gasteiger partial charge in [0.15, 0.2) is 0 Å². The van der Waals surface area contributed by atoms with Crippen molar-refractivity contribution < 1.29 is 14.3 Å². The number of urea groups is 1. The van der Waals surface area contributed by atoms with E-state index in [9.17, 15) is 14.3 Å². The van der Waals surface area contributed by atoms with Crippen molar-refractivity contribution in [1.82, 2.24) is 5.32 Å². The SMILES string of the molecule is Cc1ccc(O)c(NC(=O)NCCc2cccc(F)c2)c1. The summed E-state index contributed by atoms with van der Waals surface area (Å²) in [6.07, 6.45) is 0.533. The highest BCUT2D eigenvalue weighted by Crippen LogP contribution is 2.23. The number of aromatic hydroxyl groups is 1. The first-order valence-corrected chi connectivity index (χ1v) is 6.63. The Balaban J connectivity index is 1.84. The molecule has 2 aromatic rings. The summed E-state index contributed by atoms with van der Waals surface area (Å²) in [6, 6.07) is 10.8. The molecule has 2 amide bonds. The molecule has 0 spiro atoms. The van der Waals surface area contributed by atoms with Crippen LogP contribution >= 0.6 is 0 Å². The predicted molar refractivity (Wildman–Crippen MR) is 80.0 cm³/mol. The Labute approximate surface area is 122 Å². The van der Waals surface area contributed by atoms with Crippen molar-refractivity contribution in [2.24, 2.45) is 0 Å². The fraction of sp³-hybridized carbons (Fsp3) is 0.188. The molecule has 0 heterocycles. The molecule has 0 aliphatic carbocycles. The smallest absolute Gasteiger partial charge is 0.319 e. The number of amides is 2. The van der Waals surface area contributed by atoms with Crippen LogP contribution in [0, 0.1) is 12.7 Å². The molecule has 110 valence electrons. The number of aryl methyl sites for hydroxylation is 1. The van der Waals surface area contributed by atoms with Gasteiger partial charge in [-0.15, -0.1) is 0 Å². The number of phenolic OH excluding ortho intramolecular Hbond substituents is 1. The highest BCUT2D eigenvalue weighted by molar-refractivity contribution is 5.90. The van der Waals surface area contributed by atoms with Crippen LogP contribution in [0.5, 0.6) is 5.75 Å². The van der Waals surface area contributed by atoms with Gasteiger partial charge in [-0.2, -0.15) is 0 Å². The zero-order valence-electron chi connectivity index (χ0n) is 11.7. The second-order valence-corrected chi connectivity index (χ2v) is 4.78. The Kier molecular flexibility index (Phi) is 4.77. The Bertz CT molecular complexity index is 644. The van der Waals surface area contributed by atoms with Crippen LogP contribution in [0.2, 0.25) is 0 Å². The van der Waals surface area contributed by atoms with Crippen molar-refractivity contribution in [3.63, 3.8) is 0 Å². The molecule has 0 radical (unpaired) electrons. The van der Waals surface area contributed by atoms with Gasteiger partial charge in [-0.25, -0.2) is 9.18 Å². The summed E-state index contributed by atoms with van der Waals surface area (Å²) >= 11 is 0. The Morgan fingerprint density at radius 1 is 1.24 bits per heavy atom. The molecule has 0 atom stereocenters. The van der Waals surface area contributed by atoms with Gasteiger partial charge in [0.25, 0.3) is 0 Å². The van der Waals surface area contributed by atoms with Gasteiger partial charge in [0.05, 0.1) is 5.69 Å². The summed E-state index contributed by atoms with van der Waals surface area (Å²) in [5.74, 6) is -0.275. The van der Waals surface area contributed by atoms with Crippen molar-refractivity contribution in [2.45, 2.75) is 13.3 Å². The number of nitrogens with one attached hydrogen (secondary N) is 2. The molecule has 0 aliphatic rings. The van der Waals surface area contributed by atoms with E-state index in [-0.39, 0.29) is 11.6 Å². The topological polar surface area (TPSA) is 61.4 Å². The second-order valence-electron chi connectivity index (χ2n) is 4.78. The maximum atomic E-state index is 13.0. The van der Waals surface area contributed by atoms with E-state index in [2.05, 4.69) is 10.6 Å². The molecule has 21 heavy (non-hydrogen) atoms. The predicted octanol–water partition coefficient (Wildman–Crippen LogP) is 3.20. The lowest BCUT2D eigenvalue weighted by atomic mass is 10.1. The molecule has 0 saturated carbocycles. The highest BCUT2D eigenvalue weighted by Gasteiger charge is 2.06. The van der Waals surface area contributed by atoms with Crippen molar-refractivity contribution in [3.8, 4) is 5.75 Å². The van der Waals surface area contributed by atoms with Gasteiger partial charge in [-0.3, -0.25) is 0 Å². The summed E-state index contributed by atoms with van der Waals surface area (Å²) in [5, 5.41) is 14.9. The molecule has 5 heteroatoms. The molecule has 2 aromatic carbocycles. The number of benzene rings is 2. The molecule has 3 N–H and O–H groups in total. The van der Waals surface area contributed by atoms with Gasteiger partial charge in [0.1, 0.15) is 11.6 Å². The fourth-order valence-electron chi connectivity index (χ4n) is 1.93. The van der Waals surface area contributed by atoms with Crippen molar-refractivity contribution in [3.05, 3.63) is 59.4 Å². The van der Waals surface area contributed by atoms with Crippen LogP contribution in [0.1, 0.15) is 11.1 Å². The number of anilines is 1. The van der Waals surface area contributed by atoms with Gasteiger partial charge < -0.3 is 15.7 Å². The summed E-state index contributed by atoms with van der Waals surface area (Å²) in [4.78, 5) is 11.7. The first kappa shape index (κ1) is 14.8. The summed E-state index contributed by atoms with van der Waals surface area (Å²) in [5.41, 5.74) is 2.11. The van der Waals surface area contributed by atoms with E-state index >= 15 is 0 Å². The van der Waals surface area contributed by atoms with E-state index in [1.54, 1.807) is 24.3 Å². The van der Waals surface area contributed by atoms with E-state index < -0.39 is 6.03 Å². The van der Waals surface area contributed by atoms with Gasteiger partial charge in [-0.05, 0) is 48.7 Å². The number of carbonyl (C=O) groups excluding carboxylic acids is 1. The summed E-state index contributed by atoms with van der Waals surface area (Å²) in [7, 11) is 0. The van der Waals surface area contributed by atoms with E-state index in [1.807, 2.05) is 6.92 Å². The molecule has 0 unspecified atom stereocenters. The van der Waals surface area contributed by atoms with Gasteiger partial charge in [0, 0.05) is 6.54 Å². The quantitative estimate of drug-likeness (QED) is 0.757. The van der Waals surface area contributed by atoms with Gasteiger partial charge in [-0.1, -0.05) is 18.2 Å². The molecule has 0 aromatic heterocycles. The lowest BCUT2D eigenvalue weighted by molar-refractivity contribution is 0.252. The number of phenols is 1. The number of hydrogen-bond donors (Lipinski definition) is 3. The Morgan fingerprint density at radius 3 is 2.81 bits per heavy atom. The van der Waals surface area contributed by atoms with Crippen LogP contribution < -0.4 is 10.6 Å². The third-order valence-corrected chi connectivity index (χ3v) is 2.99. The van der Waals surface area contributed by atoms with E-state index in [1.165, 1.54) is 18.2 Å². The van der Waals surface area contributed by atoms with Crippen molar-refractivity contribution in [2.75, 3.05) is 11.9 Å². The molecule has 0 fully saturated rings. The summed E-state index contributed by atoms with van der Waals surface area (Å²) in [6.45, 7) is 2.24. The third-order valence-electron chi connectivity index (χ3n) is 2.99. The molecule has 0 bridgehead atoms. The van der Waals surface area contributed by atoms with Gasteiger partial charge >= 0.3 is 6.03 Å². The molecule has 0 aliphatic heterocycles. The number of halogens is 1. The minimum Gasteiger partial charge on any atom is -0.506 e. The summed E-state index contributed by atoms with van der Waals surface area (Å²) < 4.78 is 13.0. The largest absolute Gasteiger partial charge is 0.506 e. The second kappa shape index (κ2) is 6.74.